The largest absolute Gasteiger partial charge is 0.389 e. The van der Waals surface area contributed by atoms with Gasteiger partial charge in [-0.15, -0.1) is 0 Å². The number of anilines is 1. The van der Waals surface area contributed by atoms with Crippen LogP contribution < -0.4 is 10.6 Å². The van der Waals surface area contributed by atoms with E-state index < -0.39 is 11.6 Å². The van der Waals surface area contributed by atoms with Crippen LogP contribution in [0.2, 0.25) is 0 Å². The number of rotatable bonds is 4. The molecule has 1 atom stereocenters. The van der Waals surface area contributed by atoms with Crippen molar-refractivity contribution in [2.45, 2.75) is 26.3 Å². The Morgan fingerprint density at radius 1 is 1.24 bits per heavy atom. The quantitative estimate of drug-likeness (QED) is 0.866. The van der Waals surface area contributed by atoms with E-state index in [2.05, 4.69) is 18.7 Å². The Bertz CT molecular complexity index is 528. The van der Waals surface area contributed by atoms with Crippen LogP contribution in [0.3, 0.4) is 0 Å². The maximum Gasteiger partial charge on any atom is 0.182 e. The zero-order valence-electron chi connectivity index (χ0n) is 12.4. The fourth-order valence-electron chi connectivity index (χ4n) is 2.64. The normalized spacial score (nSPS) is 17.8. The number of hydrogen-bond acceptors (Lipinski definition) is 3. The number of nitrogens with two attached hydrogens (primary N) is 1. The minimum absolute atomic E-state index is 0.0375. The van der Waals surface area contributed by atoms with Crippen LogP contribution in [0.5, 0.6) is 0 Å². The second-order valence-electron chi connectivity index (χ2n) is 5.40. The van der Waals surface area contributed by atoms with Gasteiger partial charge in [0.1, 0.15) is 4.99 Å². The second-order valence-corrected chi connectivity index (χ2v) is 5.84. The molecule has 1 fully saturated rings. The first-order valence-electron chi connectivity index (χ1n) is 7.22. The van der Waals surface area contributed by atoms with Crippen LogP contribution in [-0.2, 0) is 0 Å². The zero-order valence-corrected chi connectivity index (χ0v) is 13.2. The number of halogens is 2. The Labute approximate surface area is 129 Å². The molecule has 1 aromatic carbocycles. The summed E-state index contributed by atoms with van der Waals surface area (Å²) >= 11 is 4.72. The van der Waals surface area contributed by atoms with E-state index in [-0.39, 0.29) is 16.2 Å². The third kappa shape index (κ3) is 3.32. The maximum atomic E-state index is 14.2. The Balaban J connectivity index is 2.14. The second kappa shape index (κ2) is 6.66. The monoisotopic (exact) mass is 313 g/mol. The van der Waals surface area contributed by atoms with E-state index in [0.29, 0.717) is 19.1 Å². The van der Waals surface area contributed by atoms with E-state index in [1.807, 2.05) is 4.90 Å². The highest BCUT2D eigenvalue weighted by Gasteiger charge is 2.24. The Kier molecular flexibility index (Phi) is 5.11. The lowest BCUT2D eigenvalue weighted by Gasteiger charge is -2.39. The fraction of sp³-hybridized carbons (Fsp3) is 0.533. The van der Waals surface area contributed by atoms with E-state index in [4.69, 9.17) is 18.0 Å². The lowest BCUT2D eigenvalue weighted by atomic mass is 10.1. The molecular weight excluding hydrogens is 292 g/mol. The Morgan fingerprint density at radius 2 is 1.86 bits per heavy atom. The van der Waals surface area contributed by atoms with Gasteiger partial charge >= 0.3 is 0 Å². The molecule has 2 N–H and O–H groups in total. The van der Waals surface area contributed by atoms with Gasteiger partial charge in [-0.1, -0.05) is 19.1 Å². The van der Waals surface area contributed by atoms with E-state index in [1.54, 1.807) is 6.07 Å². The summed E-state index contributed by atoms with van der Waals surface area (Å²) < 4.78 is 28.1. The van der Waals surface area contributed by atoms with Gasteiger partial charge in [-0.3, -0.25) is 4.90 Å². The molecule has 0 aromatic heterocycles. The van der Waals surface area contributed by atoms with Crippen molar-refractivity contribution in [2.24, 2.45) is 5.73 Å². The Morgan fingerprint density at radius 3 is 2.38 bits per heavy atom. The molecule has 1 saturated heterocycles. The van der Waals surface area contributed by atoms with Crippen LogP contribution in [0.25, 0.3) is 0 Å². The standard InChI is InChI=1S/C15H21F2N3S/c1-3-10(2)19-6-8-20(9-7-19)12-5-4-11(15(18)21)13(16)14(12)17/h4-5,10H,3,6-9H2,1-2H3,(H2,18,21). The minimum atomic E-state index is -0.954. The number of nitrogens with zero attached hydrogens (tertiary/aromatic N) is 2. The van der Waals surface area contributed by atoms with Gasteiger partial charge in [0.15, 0.2) is 11.6 Å². The molecule has 3 nitrogen and oxygen atoms in total. The summed E-state index contributed by atoms with van der Waals surface area (Å²) in [6.45, 7) is 7.42. The average molecular weight is 313 g/mol. The number of piperazine rings is 1. The lowest BCUT2D eigenvalue weighted by molar-refractivity contribution is 0.192. The summed E-state index contributed by atoms with van der Waals surface area (Å²) in [5.74, 6) is -1.82. The van der Waals surface area contributed by atoms with Gasteiger partial charge < -0.3 is 10.6 Å². The summed E-state index contributed by atoms with van der Waals surface area (Å²) in [6.07, 6.45) is 1.09. The molecule has 0 amide bonds. The number of thiocarbonyl (C=S) groups is 1. The number of hydrogen-bond donors (Lipinski definition) is 1. The fourth-order valence-corrected chi connectivity index (χ4v) is 2.79. The molecule has 1 heterocycles. The van der Waals surface area contributed by atoms with Gasteiger partial charge in [0.2, 0.25) is 0 Å². The van der Waals surface area contributed by atoms with Crippen molar-refractivity contribution in [3.8, 4) is 0 Å². The van der Waals surface area contributed by atoms with Crippen LogP contribution in [0, 0.1) is 11.6 Å². The molecule has 0 bridgehead atoms. The predicted octanol–water partition coefficient (Wildman–Crippen LogP) is 2.52. The highest BCUT2D eigenvalue weighted by Crippen LogP contribution is 2.25. The minimum Gasteiger partial charge on any atom is -0.389 e. The Hall–Kier alpha value is -1.27. The predicted molar refractivity (Wildman–Crippen MR) is 85.8 cm³/mol. The molecular formula is C15H21F2N3S. The molecule has 0 saturated carbocycles. The van der Waals surface area contributed by atoms with Crippen molar-refractivity contribution in [2.75, 3.05) is 31.1 Å². The van der Waals surface area contributed by atoms with Crippen LogP contribution >= 0.6 is 12.2 Å². The molecule has 21 heavy (non-hydrogen) atoms. The van der Waals surface area contributed by atoms with Crippen LogP contribution in [0.4, 0.5) is 14.5 Å². The van der Waals surface area contributed by atoms with Crippen molar-refractivity contribution in [1.82, 2.24) is 4.90 Å². The van der Waals surface area contributed by atoms with Gasteiger partial charge in [-0.05, 0) is 25.5 Å². The summed E-state index contributed by atoms with van der Waals surface area (Å²) in [5, 5.41) is 0. The molecule has 1 aliphatic rings. The van der Waals surface area contributed by atoms with Gasteiger partial charge in [0.25, 0.3) is 0 Å². The molecule has 6 heteroatoms. The van der Waals surface area contributed by atoms with Gasteiger partial charge in [-0.25, -0.2) is 8.78 Å². The highest BCUT2D eigenvalue weighted by atomic mass is 32.1. The van der Waals surface area contributed by atoms with Crippen LogP contribution in [-0.4, -0.2) is 42.1 Å². The summed E-state index contributed by atoms with van der Waals surface area (Å²) in [5.41, 5.74) is 5.63. The molecule has 116 valence electrons. The van der Waals surface area contributed by atoms with Crippen LogP contribution in [0.15, 0.2) is 12.1 Å². The van der Waals surface area contributed by atoms with E-state index in [1.165, 1.54) is 6.07 Å². The lowest BCUT2D eigenvalue weighted by Crippen LogP contribution is -2.49. The summed E-state index contributed by atoms with van der Waals surface area (Å²) in [7, 11) is 0. The average Bonchev–Trinajstić information content (AvgIpc) is 2.49. The first-order chi connectivity index (χ1) is 9.95. The van der Waals surface area contributed by atoms with E-state index >= 15 is 0 Å². The van der Waals surface area contributed by atoms with E-state index in [0.717, 1.165) is 19.5 Å². The summed E-state index contributed by atoms with van der Waals surface area (Å²) in [6, 6.07) is 3.54. The molecule has 0 radical (unpaired) electrons. The maximum absolute atomic E-state index is 14.2. The van der Waals surface area contributed by atoms with Gasteiger partial charge in [0.05, 0.1) is 5.69 Å². The zero-order chi connectivity index (χ0) is 15.6. The van der Waals surface area contributed by atoms with Crippen LogP contribution in [0.1, 0.15) is 25.8 Å². The molecule has 2 rings (SSSR count). The van der Waals surface area contributed by atoms with Crippen molar-refractivity contribution in [3.63, 3.8) is 0 Å². The first kappa shape index (κ1) is 16.1. The SMILES string of the molecule is CCC(C)N1CCN(c2ccc(C(N)=S)c(F)c2F)CC1. The third-order valence-corrected chi connectivity index (χ3v) is 4.42. The molecule has 1 aliphatic heterocycles. The van der Waals surface area contributed by atoms with Crippen molar-refractivity contribution in [1.29, 1.82) is 0 Å². The van der Waals surface area contributed by atoms with Crippen molar-refractivity contribution >= 4 is 22.9 Å². The number of benzene rings is 1. The van der Waals surface area contributed by atoms with Gasteiger partial charge in [-0.2, -0.15) is 0 Å². The smallest absolute Gasteiger partial charge is 0.182 e. The first-order valence-corrected chi connectivity index (χ1v) is 7.63. The van der Waals surface area contributed by atoms with Crippen molar-refractivity contribution in [3.05, 3.63) is 29.3 Å². The van der Waals surface area contributed by atoms with Gasteiger partial charge in [0, 0.05) is 37.8 Å². The molecule has 0 aliphatic carbocycles. The van der Waals surface area contributed by atoms with Crippen molar-refractivity contribution < 1.29 is 8.78 Å². The molecule has 1 unspecified atom stereocenters. The third-order valence-electron chi connectivity index (χ3n) is 4.20. The summed E-state index contributed by atoms with van der Waals surface area (Å²) in [4.78, 5) is 4.12. The molecule has 0 spiro atoms. The topological polar surface area (TPSA) is 32.5 Å². The van der Waals surface area contributed by atoms with E-state index in [9.17, 15) is 8.78 Å². The molecule has 1 aromatic rings. The highest BCUT2D eigenvalue weighted by molar-refractivity contribution is 7.80.